The van der Waals surface area contributed by atoms with E-state index < -0.39 is 35.1 Å². The van der Waals surface area contributed by atoms with Gasteiger partial charge in [-0.25, -0.2) is 4.98 Å². The Morgan fingerprint density at radius 3 is 2.43 bits per heavy atom. The Kier molecular flexibility index (Phi) is 12.8. The Balaban J connectivity index is 1.75. The predicted molar refractivity (Wildman–Crippen MR) is 167 cm³/mol. The number of amides is 4. The van der Waals surface area contributed by atoms with Crippen LogP contribution < -0.4 is 26.8 Å². The van der Waals surface area contributed by atoms with Crippen LogP contribution in [0.4, 0.5) is 5.69 Å². The normalized spacial score (nSPS) is 13.1. The molecular weight excluding hydrogens is 586 g/mol. The molecule has 4 amide bonds. The molecule has 238 valence electrons. The highest BCUT2D eigenvalue weighted by atomic mass is 32.1. The van der Waals surface area contributed by atoms with Crippen molar-refractivity contribution >= 4 is 51.4 Å². The second-order valence-electron chi connectivity index (χ2n) is 10.4. The number of carbonyl (C=O) groups excluding carboxylic acids is 5. The predicted octanol–water partition coefficient (Wildman–Crippen LogP) is 2.50. The molecular formula is C30H41N7O6S. The van der Waals surface area contributed by atoms with Crippen LogP contribution in [0.1, 0.15) is 76.7 Å². The van der Waals surface area contributed by atoms with Gasteiger partial charge >= 0.3 is 0 Å². The monoisotopic (exact) mass is 627 g/mol. The number of pyridine rings is 1. The standard InChI is InChI=1S/C30H41N7O6S/c1-5-10-19(6-2)20(7-3)32-25(39)18-36-14-9-11-22(29(36)43)34-26(40)21(12-13-24(38)28(42)31-8-4)33-27(41)23-17-37-15-16-44-30(37)35-23/h9,11,14-17,19-21H,5-8,10,12-13,18H2,1-4H3,(H,31,42)(H,32,39)(H,33,41)(H,34,40). The van der Waals surface area contributed by atoms with E-state index in [1.165, 1.54) is 40.4 Å². The zero-order valence-corrected chi connectivity index (χ0v) is 26.4. The van der Waals surface area contributed by atoms with Crippen LogP contribution in [0.5, 0.6) is 0 Å². The lowest BCUT2D eigenvalue weighted by Crippen LogP contribution is -2.46. The third kappa shape index (κ3) is 9.09. The molecule has 44 heavy (non-hydrogen) atoms. The van der Waals surface area contributed by atoms with Crippen molar-refractivity contribution in [2.45, 2.75) is 84.8 Å². The van der Waals surface area contributed by atoms with E-state index in [0.717, 1.165) is 25.7 Å². The second kappa shape index (κ2) is 16.5. The number of aromatic nitrogens is 3. The number of rotatable bonds is 17. The number of likely N-dealkylation sites (N-methyl/N-ethyl adjacent to an activating group) is 1. The first kappa shape index (κ1) is 34.2. The maximum atomic E-state index is 13.4. The van der Waals surface area contributed by atoms with Crippen LogP contribution in [0.15, 0.2) is 40.9 Å². The number of fused-ring (bicyclic) bond motifs is 1. The van der Waals surface area contributed by atoms with Crippen molar-refractivity contribution in [2.75, 3.05) is 11.9 Å². The first-order valence-electron chi connectivity index (χ1n) is 14.9. The number of carbonyl (C=O) groups is 5. The first-order chi connectivity index (χ1) is 21.1. The van der Waals surface area contributed by atoms with Crippen LogP contribution in [0, 0.1) is 5.92 Å². The molecule has 0 bridgehead atoms. The number of nitrogens with zero attached hydrogens (tertiary/aromatic N) is 3. The average Bonchev–Trinajstić information content (AvgIpc) is 3.62. The molecule has 3 unspecified atom stereocenters. The van der Waals surface area contributed by atoms with Crippen molar-refractivity contribution in [2.24, 2.45) is 5.92 Å². The van der Waals surface area contributed by atoms with E-state index in [4.69, 9.17) is 0 Å². The summed E-state index contributed by atoms with van der Waals surface area (Å²) in [6.45, 7) is 7.91. The Morgan fingerprint density at radius 2 is 1.77 bits per heavy atom. The molecule has 0 aliphatic heterocycles. The Bertz CT molecular complexity index is 1500. The van der Waals surface area contributed by atoms with E-state index in [0.29, 0.717) is 10.9 Å². The topological polar surface area (TPSA) is 173 Å². The minimum absolute atomic E-state index is 0.0105. The van der Waals surface area contributed by atoms with E-state index in [2.05, 4.69) is 40.1 Å². The van der Waals surface area contributed by atoms with Crippen LogP contribution in [0.3, 0.4) is 0 Å². The molecule has 0 radical (unpaired) electrons. The molecule has 0 aromatic carbocycles. The van der Waals surface area contributed by atoms with E-state index in [9.17, 15) is 28.8 Å². The number of anilines is 1. The van der Waals surface area contributed by atoms with E-state index in [1.807, 2.05) is 6.92 Å². The molecule has 0 saturated carbocycles. The minimum Gasteiger partial charge on any atom is -0.352 e. The van der Waals surface area contributed by atoms with Crippen LogP contribution in [-0.2, 0) is 25.7 Å². The highest BCUT2D eigenvalue weighted by Crippen LogP contribution is 2.18. The Labute approximate surface area is 259 Å². The molecule has 3 aromatic rings. The average molecular weight is 628 g/mol. The summed E-state index contributed by atoms with van der Waals surface area (Å²) < 4.78 is 2.85. The molecule has 3 atom stereocenters. The lowest BCUT2D eigenvalue weighted by Gasteiger charge is -2.26. The van der Waals surface area contributed by atoms with Crippen LogP contribution in [0.25, 0.3) is 4.96 Å². The Morgan fingerprint density at radius 1 is 1.00 bits per heavy atom. The lowest BCUT2D eigenvalue weighted by molar-refractivity contribution is -0.138. The van der Waals surface area contributed by atoms with Crippen molar-refractivity contribution in [3.8, 4) is 0 Å². The van der Waals surface area contributed by atoms with Gasteiger partial charge in [0, 0.05) is 43.0 Å². The van der Waals surface area contributed by atoms with Gasteiger partial charge in [0.05, 0.1) is 0 Å². The zero-order valence-electron chi connectivity index (χ0n) is 25.6. The summed E-state index contributed by atoms with van der Waals surface area (Å²) >= 11 is 1.33. The van der Waals surface area contributed by atoms with Crippen LogP contribution >= 0.6 is 11.3 Å². The number of ketones is 1. The molecule has 3 rings (SSSR count). The molecule has 0 spiro atoms. The van der Waals surface area contributed by atoms with Gasteiger partial charge < -0.3 is 25.8 Å². The molecule has 14 heteroatoms. The molecule has 0 aliphatic rings. The quantitative estimate of drug-likeness (QED) is 0.166. The zero-order chi connectivity index (χ0) is 32.2. The molecule has 3 heterocycles. The summed E-state index contributed by atoms with van der Waals surface area (Å²) in [5.41, 5.74) is -0.651. The van der Waals surface area contributed by atoms with Gasteiger partial charge in [-0.05, 0) is 44.2 Å². The van der Waals surface area contributed by atoms with E-state index in [1.54, 1.807) is 22.9 Å². The smallest absolute Gasteiger partial charge is 0.287 e. The Hall–Kier alpha value is -4.33. The third-order valence-corrected chi connectivity index (χ3v) is 8.10. The molecule has 0 fully saturated rings. The summed E-state index contributed by atoms with van der Waals surface area (Å²) in [5, 5.41) is 12.4. The maximum Gasteiger partial charge on any atom is 0.287 e. The molecule has 0 saturated heterocycles. The first-order valence-corrected chi connectivity index (χ1v) is 15.8. The summed E-state index contributed by atoms with van der Waals surface area (Å²) in [4.78, 5) is 81.5. The fraction of sp³-hybridized carbons (Fsp3) is 0.500. The van der Waals surface area contributed by atoms with Crippen molar-refractivity contribution in [3.05, 3.63) is 52.2 Å². The van der Waals surface area contributed by atoms with Gasteiger partial charge in [0.25, 0.3) is 17.4 Å². The van der Waals surface area contributed by atoms with E-state index in [-0.39, 0.29) is 49.3 Å². The minimum atomic E-state index is -1.27. The van der Waals surface area contributed by atoms with Crippen LogP contribution in [-0.4, -0.2) is 62.0 Å². The SMILES string of the molecule is CCCC(CC)C(CC)NC(=O)Cn1cccc(NC(=O)C(CCC(=O)C(=O)NCC)NC(=O)c2cn3ccsc3n2)c1=O. The van der Waals surface area contributed by atoms with Gasteiger partial charge in [-0.1, -0.05) is 33.6 Å². The maximum absolute atomic E-state index is 13.4. The van der Waals surface area contributed by atoms with Crippen molar-refractivity contribution in [1.29, 1.82) is 0 Å². The van der Waals surface area contributed by atoms with Crippen molar-refractivity contribution in [3.63, 3.8) is 0 Å². The highest BCUT2D eigenvalue weighted by Gasteiger charge is 2.26. The van der Waals surface area contributed by atoms with Gasteiger partial charge in [-0.3, -0.25) is 33.2 Å². The van der Waals surface area contributed by atoms with Gasteiger partial charge in [-0.15, -0.1) is 11.3 Å². The van der Waals surface area contributed by atoms with Crippen LogP contribution in [0.2, 0.25) is 0 Å². The summed E-state index contributed by atoms with van der Waals surface area (Å²) in [5.74, 6) is -2.94. The van der Waals surface area contributed by atoms with E-state index >= 15 is 0 Å². The summed E-state index contributed by atoms with van der Waals surface area (Å²) in [7, 11) is 0. The molecule has 0 aliphatic carbocycles. The number of imidazole rings is 1. The molecule has 4 N–H and O–H groups in total. The number of nitrogens with one attached hydrogen (secondary N) is 4. The fourth-order valence-electron chi connectivity index (χ4n) is 4.98. The summed E-state index contributed by atoms with van der Waals surface area (Å²) in [6.07, 6.45) is 7.86. The van der Waals surface area contributed by atoms with Crippen molar-refractivity contribution in [1.82, 2.24) is 29.9 Å². The number of Topliss-reactive ketones (excluding diaryl/α,β-unsaturated/α-hetero) is 1. The van der Waals surface area contributed by atoms with Gasteiger partial charge in [-0.2, -0.15) is 0 Å². The molecule has 13 nitrogen and oxygen atoms in total. The second-order valence-corrected chi connectivity index (χ2v) is 11.3. The fourth-order valence-corrected chi connectivity index (χ4v) is 5.68. The van der Waals surface area contributed by atoms with Crippen molar-refractivity contribution < 1.29 is 24.0 Å². The lowest BCUT2D eigenvalue weighted by atomic mass is 9.90. The number of hydrogen-bond donors (Lipinski definition) is 4. The molecule has 3 aromatic heterocycles. The number of hydrogen-bond acceptors (Lipinski definition) is 8. The largest absolute Gasteiger partial charge is 0.352 e. The van der Waals surface area contributed by atoms with Gasteiger partial charge in [0.2, 0.25) is 17.6 Å². The van der Waals surface area contributed by atoms with Gasteiger partial charge in [0.1, 0.15) is 24.0 Å². The number of thiazole rings is 1. The van der Waals surface area contributed by atoms with Gasteiger partial charge in [0.15, 0.2) is 4.96 Å². The third-order valence-electron chi connectivity index (χ3n) is 7.33. The summed E-state index contributed by atoms with van der Waals surface area (Å²) in [6, 6.07) is 1.63. The highest BCUT2D eigenvalue weighted by molar-refractivity contribution is 7.15.